The van der Waals surface area contributed by atoms with Crippen LogP contribution in [0.3, 0.4) is 0 Å². The highest BCUT2D eigenvalue weighted by Crippen LogP contribution is 2.13. The van der Waals surface area contributed by atoms with E-state index in [0.29, 0.717) is 0 Å². The van der Waals surface area contributed by atoms with Crippen LogP contribution in [0, 0.1) is 0 Å². The van der Waals surface area contributed by atoms with Crippen LogP contribution in [0.5, 0.6) is 0 Å². The molecule has 0 fully saturated rings. The van der Waals surface area contributed by atoms with Crippen molar-refractivity contribution in [3.05, 3.63) is 30.6 Å². The summed E-state index contributed by atoms with van der Waals surface area (Å²) in [7, 11) is 1.72. The van der Waals surface area contributed by atoms with Gasteiger partial charge in [0, 0.05) is 25.1 Å². The molecule has 1 heterocycles. The van der Waals surface area contributed by atoms with Gasteiger partial charge in [-0.25, -0.2) is 0 Å². The van der Waals surface area contributed by atoms with E-state index in [9.17, 15) is 0 Å². The summed E-state index contributed by atoms with van der Waals surface area (Å²) >= 11 is 0. The first kappa shape index (κ1) is 8.62. The highest BCUT2D eigenvalue weighted by molar-refractivity contribution is 5.83. The molecule has 0 saturated carbocycles. The van der Waals surface area contributed by atoms with Gasteiger partial charge in [-0.1, -0.05) is 0 Å². The quantitative estimate of drug-likeness (QED) is 0.573. The molecule has 2 aromatic rings. The Labute approximate surface area is 81.7 Å². The second kappa shape index (κ2) is 3.83. The fourth-order valence-electron chi connectivity index (χ4n) is 1.19. The van der Waals surface area contributed by atoms with Crippen LogP contribution >= 0.6 is 0 Å². The number of aliphatic imine (C=N–C) groups is 1. The number of hydrogen-bond acceptors (Lipinski definition) is 3. The average molecular weight is 186 g/mol. The number of nitrogens with one attached hydrogen (secondary N) is 1. The van der Waals surface area contributed by atoms with Gasteiger partial charge in [-0.05, 0) is 18.2 Å². The zero-order chi connectivity index (χ0) is 9.80. The number of rotatable bonds is 2. The number of nitrogens with zero attached hydrogens (tertiary/aromatic N) is 3. The molecule has 0 aliphatic heterocycles. The molecule has 0 spiro atoms. The largest absolute Gasteiger partial charge is 0.347 e. The molecule has 0 radical (unpaired) electrons. The van der Waals surface area contributed by atoms with Gasteiger partial charge in [-0.3, -0.25) is 15.0 Å². The number of benzene rings is 1. The Morgan fingerprint density at radius 3 is 2.79 bits per heavy atom. The zero-order valence-corrected chi connectivity index (χ0v) is 7.81. The molecule has 0 bridgehead atoms. The lowest BCUT2D eigenvalue weighted by molar-refractivity contribution is 1.29. The van der Waals surface area contributed by atoms with Crippen LogP contribution in [0.2, 0.25) is 0 Å². The molecule has 0 atom stereocenters. The molecule has 4 nitrogen and oxygen atoms in total. The van der Waals surface area contributed by atoms with Gasteiger partial charge in [0.2, 0.25) is 0 Å². The van der Waals surface area contributed by atoms with Crippen molar-refractivity contribution in [3.63, 3.8) is 0 Å². The lowest BCUT2D eigenvalue weighted by Crippen LogP contribution is -1.94. The number of fused-ring (bicyclic) bond motifs is 1. The van der Waals surface area contributed by atoms with Gasteiger partial charge < -0.3 is 5.32 Å². The topological polar surface area (TPSA) is 50.2 Å². The first-order valence-electron chi connectivity index (χ1n) is 4.28. The monoisotopic (exact) mass is 186 g/mol. The van der Waals surface area contributed by atoms with E-state index < -0.39 is 0 Å². The highest BCUT2D eigenvalue weighted by Gasteiger charge is 1.95. The van der Waals surface area contributed by atoms with E-state index >= 15 is 0 Å². The Balaban J connectivity index is 2.41. The van der Waals surface area contributed by atoms with Crippen LogP contribution in [0.25, 0.3) is 11.0 Å². The van der Waals surface area contributed by atoms with Crippen LogP contribution in [0.1, 0.15) is 0 Å². The fraction of sp³-hybridized carbons (Fsp3) is 0.100. The minimum atomic E-state index is 0.877. The number of aromatic nitrogens is 2. The van der Waals surface area contributed by atoms with Crippen molar-refractivity contribution in [2.24, 2.45) is 4.99 Å². The lowest BCUT2D eigenvalue weighted by Gasteiger charge is -2.00. The lowest BCUT2D eigenvalue weighted by atomic mass is 10.2. The van der Waals surface area contributed by atoms with Crippen molar-refractivity contribution in [1.29, 1.82) is 0 Å². The summed E-state index contributed by atoms with van der Waals surface area (Å²) in [6.07, 6.45) is 5.00. The number of hydrogen-bond donors (Lipinski definition) is 1. The molecule has 4 heteroatoms. The Morgan fingerprint density at radius 1 is 1.21 bits per heavy atom. The molecule has 0 amide bonds. The van der Waals surface area contributed by atoms with E-state index in [0.717, 1.165) is 16.7 Å². The maximum atomic E-state index is 4.20. The van der Waals surface area contributed by atoms with Gasteiger partial charge in [-0.15, -0.1) is 0 Å². The van der Waals surface area contributed by atoms with Crippen LogP contribution < -0.4 is 5.32 Å². The first-order chi connectivity index (χ1) is 6.90. The van der Waals surface area contributed by atoms with Crippen LogP contribution in [0.4, 0.5) is 5.69 Å². The molecule has 0 aliphatic rings. The van der Waals surface area contributed by atoms with Crippen molar-refractivity contribution in [3.8, 4) is 0 Å². The van der Waals surface area contributed by atoms with Crippen molar-refractivity contribution in [1.82, 2.24) is 9.97 Å². The molecule has 0 saturated heterocycles. The Morgan fingerprint density at radius 2 is 2.00 bits per heavy atom. The smallest absolute Gasteiger partial charge is 0.0907 e. The Kier molecular flexibility index (Phi) is 2.36. The van der Waals surface area contributed by atoms with Crippen molar-refractivity contribution in [2.45, 2.75) is 0 Å². The third-order valence-corrected chi connectivity index (χ3v) is 1.83. The highest BCUT2D eigenvalue weighted by atomic mass is 14.9. The molecular formula is C10H10N4. The summed E-state index contributed by atoms with van der Waals surface area (Å²) < 4.78 is 0. The van der Waals surface area contributed by atoms with Crippen molar-refractivity contribution >= 4 is 23.1 Å². The minimum absolute atomic E-state index is 0.877. The Bertz CT molecular complexity index is 464. The van der Waals surface area contributed by atoms with E-state index in [1.54, 1.807) is 25.8 Å². The third kappa shape index (κ3) is 1.69. The maximum Gasteiger partial charge on any atom is 0.0907 e. The standard InChI is InChI=1S/C10H10N4/c1-11-7-14-8-2-3-9-10(6-8)13-5-4-12-9/h2-7H,1H3,(H,11,14). The van der Waals surface area contributed by atoms with Gasteiger partial charge in [0.25, 0.3) is 0 Å². The predicted molar refractivity (Wildman–Crippen MR) is 57.6 cm³/mol. The maximum absolute atomic E-state index is 4.20. The van der Waals surface area contributed by atoms with Crippen LogP contribution in [-0.4, -0.2) is 23.4 Å². The molecule has 0 unspecified atom stereocenters. The normalized spacial score (nSPS) is 10.9. The summed E-state index contributed by atoms with van der Waals surface area (Å²) in [6, 6.07) is 5.80. The molecule has 1 aromatic carbocycles. The number of anilines is 1. The average Bonchev–Trinajstić information content (AvgIpc) is 2.26. The SMILES string of the molecule is CN=CNc1ccc2nccnc2c1. The van der Waals surface area contributed by atoms with Crippen molar-refractivity contribution < 1.29 is 0 Å². The van der Waals surface area contributed by atoms with Gasteiger partial charge in [0.15, 0.2) is 0 Å². The molecule has 14 heavy (non-hydrogen) atoms. The van der Waals surface area contributed by atoms with Crippen molar-refractivity contribution in [2.75, 3.05) is 12.4 Å². The fourth-order valence-corrected chi connectivity index (χ4v) is 1.19. The van der Waals surface area contributed by atoms with E-state index in [4.69, 9.17) is 0 Å². The van der Waals surface area contributed by atoms with E-state index in [1.165, 1.54) is 0 Å². The summed E-state index contributed by atoms with van der Waals surface area (Å²) in [6.45, 7) is 0. The molecule has 0 aliphatic carbocycles. The van der Waals surface area contributed by atoms with Gasteiger partial charge in [0.1, 0.15) is 0 Å². The second-order valence-corrected chi connectivity index (χ2v) is 2.79. The van der Waals surface area contributed by atoms with Crippen LogP contribution in [0.15, 0.2) is 35.6 Å². The first-order valence-corrected chi connectivity index (χ1v) is 4.28. The van der Waals surface area contributed by atoms with E-state index in [-0.39, 0.29) is 0 Å². The zero-order valence-electron chi connectivity index (χ0n) is 7.81. The van der Waals surface area contributed by atoms with Crippen LogP contribution in [-0.2, 0) is 0 Å². The predicted octanol–water partition coefficient (Wildman–Crippen LogP) is 1.70. The van der Waals surface area contributed by atoms with Gasteiger partial charge in [-0.2, -0.15) is 0 Å². The second-order valence-electron chi connectivity index (χ2n) is 2.79. The third-order valence-electron chi connectivity index (χ3n) is 1.83. The molecule has 1 aromatic heterocycles. The summed E-state index contributed by atoms with van der Waals surface area (Å²) in [5.74, 6) is 0. The Hall–Kier alpha value is -1.97. The van der Waals surface area contributed by atoms with E-state index in [1.807, 2.05) is 18.2 Å². The van der Waals surface area contributed by atoms with Gasteiger partial charge >= 0.3 is 0 Å². The summed E-state index contributed by atoms with van der Waals surface area (Å²) in [5, 5.41) is 3.03. The minimum Gasteiger partial charge on any atom is -0.347 e. The summed E-state index contributed by atoms with van der Waals surface area (Å²) in [4.78, 5) is 12.2. The molecule has 70 valence electrons. The van der Waals surface area contributed by atoms with E-state index in [2.05, 4.69) is 20.3 Å². The summed E-state index contributed by atoms with van der Waals surface area (Å²) in [5.41, 5.74) is 2.73. The molecule has 2 rings (SSSR count). The van der Waals surface area contributed by atoms with Gasteiger partial charge in [0.05, 0.1) is 17.4 Å². The molecule has 1 N–H and O–H groups in total. The molecular weight excluding hydrogens is 176 g/mol.